The van der Waals surface area contributed by atoms with E-state index in [0.29, 0.717) is 26.1 Å². The Morgan fingerprint density at radius 3 is 2.22 bits per heavy atom. The average Bonchev–Trinajstić information content (AvgIpc) is 2.36. The Morgan fingerprint density at radius 1 is 1.11 bits per heavy atom. The minimum Gasteiger partial charge on any atom is -0.469 e. The monoisotopic (exact) mass is 258 g/mol. The van der Waals surface area contributed by atoms with E-state index in [9.17, 15) is 9.59 Å². The molecule has 0 aliphatic rings. The Labute approximate surface area is 108 Å². The number of allylic oxidation sites excluding steroid dienone is 1. The molecule has 5 nitrogen and oxygen atoms in total. The molecule has 0 aromatic rings. The summed E-state index contributed by atoms with van der Waals surface area (Å²) in [5.41, 5.74) is 0. The van der Waals surface area contributed by atoms with Gasteiger partial charge in [0.25, 0.3) is 0 Å². The first kappa shape index (κ1) is 16.8. The summed E-state index contributed by atoms with van der Waals surface area (Å²) in [7, 11) is 1.33. The van der Waals surface area contributed by atoms with Gasteiger partial charge in [-0.1, -0.05) is 0 Å². The van der Waals surface area contributed by atoms with E-state index in [1.807, 2.05) is 13.8 Å². The van der Waals surface area contributed by atoms with Crippen molar-refractivity contribution >= 4 is 11.8 Å². The van der Waals surface area contributed by atoms with Crippen LogP contribution in [0, 0.1) is 0 Å². The van der Waals surface area contributed by atoms with Gasteiger partial charge in [-0.2, -0.15) is 0 Å². The third-order valence-electron chi connectivity index (χ3n) is 2.13. The Kier molecular flexibility index (Phi) is 10.2. The van der Waals surface area contributed by atoms with Gasteiger partial charge in [0.05, 0.1) is 7.11 Å². The number of carbonyl (C=O) groups is 2. The molecule has 0 N–H and O–H groups in total. The summed E-state index contributed by atoms with van der Waals surface area (Å²) in [6, 6.07) is 0. The molecule has 0 aliphatic heterocycles. The van der Waals surface area contributed by atoms with Crippen LogP contribution in [0.3, 0.4) is 0 Å². The van der Waals surface area contributed by atoms with Crippen LogP contribution in [0.25, 0.3) is 0 Å². The van der Waals surface area contributed by atoms with E-state index in [0.717, 1.165) is 0 Å². The lowest BCUT2D eigenvalue weighted by molar-refractivity contribution is -0.140. The number of ether oxygens (including phenoxy) is 3. The van der Waals surface area contributed by atoms with Crippen LogP contribution >= 0.6 is 0 Å². The van der Waals surface area contributed by atoms with Crippen molar-refractivity contribution in [2.24, 2.45) is 0 Å². The summed E-state index contributed by atoms with van der Waals surface area (Å²) in [4.78, 5) is 22.3. The number of ketones is 1. The fourth-order valence-corrected chi connectivity index (χ4v) is 1.27. The lowest BCUT2D eigenvalue weighted by Gasteiger charge is -2.11. The van der Waals surface area contributed by atoms with Crippen molar-refractivity contribution in [1.29, 1.82) is 0 Å². The van der Waals surface area contributed by atoms with E-state index < -0.39 is 6.29 Å². The summed E-state index contributed by atoms with van der Waals surface area (Å²) in [6.07, 6.45) is 3.61. The second kappa shape index (κ2) is 10.9. The highest BCUT2D eigenvalue weighted by molar-refractivity contribution is 5.89. The minimum atomic E-state index is -0.482. The first-order valence-electron chi connectivity index (χ1n) is 6.15. The molecule has 18 heavy (non-hydrogen) atoms. The summed E-state index contributed by atoms with van der Waals surface area (Å²) in [5, 5.41) is 0. The zero-order chi connectivity index (χ0) is 13.8. The SMILES string of the molecule is CCOC(/C=C/C(=O)CCCC(=O)OC)OCC. The lowest BCUT2D eigenvalue weighted by Crippen LogP contribution is -2.14. The molecule has 0 rings (SSSR count). The summed E-state index contributed by atoms with van der Waals surface area (Å²) in [6.45, 7) is 4.76. The van der Waals surface area contributed by atoms with Crippen LogP contribution in [0.1, 0.15) is 33.1 Å². The molecule has 0 bridgehead atoms. The number of hydrogen-bond acceptors (Lipinski definition) is 5. The maximum Gasteiger partial charge on any atom is 0.305 e. The lowest BCUT2D eigenvalue weighted by atomic mass is 10.1. The molecule has 0 amide bonds. The molecule has 0 fully saturated rings. The van der Waals surface area contributed by atoms with Gasteiger partial charge in [-0.05, 0) is 32.4 Å². The normalized spacial score (nSPS) is 11.1. The van der Waals surface area contributed by atoms with Crippen molar-refractivity contribution in [3.63, 3.8) is 0 Å². The topological polar surface area (TPSA) is 61.8 Å². The largest absolute Gasteiger partial charge is 0.469 e. The van der Waals surface area contributed by atoms with Gasteiger partial charge in [0, 0.05) is 26.1 Å². The van der Waals surface area contributed by atoms with Crippen molar-refractivity contribution in [2.75, 3.05) is 20.3 Å². The third kappa shape index (κ3) is 8.90. The smallest absolute Gasteiger partial charge is 0.305 e. The van der Waals surface area contributed by atoms with Gasteiger partial charge in [-0.15, -0.1) is 0 Å². The van der Waals surface area contributed by atoms with Crippen LogP contribution in [0.15, 0.2) is 12.2 Å². The Balaban J connectivity index is 3.92. The van der Waals surface area contributed by atoms with Gasteiger partial charge < -0.3 is 14.2 Å². The van der Waals surface area contributed by atoms with E-state index in [4.69, 9.17) is 9.47 Å². The van der Waals surface area contributed by atoms with Crippen molar-refractivity contribution in [3.8, 4) is 0 Å². The van der Waals surface area contributed by atoms with Gasteiger partial charge >= 0.3 is 5.97 Å². The van der Waals surface area contributed by atoms with E-state index in [-0.39, 0.29) is 18.2 Å². The van der Waals surface area contributed by atoms with E-state index in [1.165, 1.54) is 13.2 Å². The molecular formula is C13H22O5. The van der Waals surface area contributed by atoms with Crippen LogP contribution in [0.4, 0.5) is 0 Å². The molecule has 0 aromatic heterocycles. The molecule has 0 aliphatic carbocycles. The summed E-state index contributed by atoms with van der Waals surface area (Å²) in [5.74, 6) is -0.350. The van der Waals surface area contributed by atoms with Gasteiger partial charge in [0.1, 0.15) is 0 Å². The van der Waals surface area contributed by atoms with Gasteiger partial charge in [-0.3, -0.25) is 9.59 Å². The molecule has 0 saturated carbocycles. The molecular weight excluding hydrogens is 236 g/mol. The Hall–Kier alpha value is -1.20. The summed E-state index contributed by atoms with van der Waals surface area (Å²) >= 11 is 0. The van der Waals surface area contributed by atoms with Crippen molar-refractivity contribution in [2.45, 2.75) is 39.4 Å². The molecule has 0 unspecified atom stereocenters. The number of hydrogen-bond donors (Lipinski definition) is 0. The molecule has 0 atom stereocenters. The van der Waals surface area contributed by atoms with Crippen LogP contribution in [-0.4, -0.2) is 38.4 Å². The molecule has 5 heteroatoms. The minimum absolute atomic E-state index is 0.0525. The first-order chi connectivity index (χ1) is 8.63. The zero-order valence-corrected chi connectivity index (χ0v) is 11.3. The highest BCUT2D eigenvalue weighted by Crippen LogP contribution is 2.02. The predicted molar refractivity (Wildman–Crippen MR) is 67.1 cm³/mol. The number of methoxy groups -OCH3 is 1. The second-order valence-corrected chi connectivity index (χ2v) is 3.53. The van der Waals surface area contributed by atoms with Crippen LogP contribution in [0.2, 0.25) is 0 Å². The quantitative estimate of drug-likeness (QED) is 0.340. The molecule has 0 radical (unpaired) electrons. The third-order valence-corrected chi connectivity index (χ3v) is 2.13. The van der Waals surface area contributed by atoms with Crippen LogP contribution in [0.5, 0.6) is 0 Å². The van der Waals surface area contributed by atoms with E-state index in [2.05, 4.69) is 4.74 Å². The zero-order valence-electron chi connectivity index (χ0n) is 11.3. The first-order valence-corrected chi connectivity index (χ1v) is 6.15. The van der Waals surface area contributed by atoms with Gasteiger partial charge in [0.2, 0.25) is 0 Å². The summed E-state index contributed by atoms with van der Waals surface area (Å²) < 4.78 is 15.0. The highest BCUT2D eigenvalue weighted by atomic mass is 16.7. The Morgan fingerprint density at radius 2 is 1.72 bits per heavy atom. The van der Waals surface area contributed by atoms with E-state index >= 15 is 0 Å². The molecule has 104 valence electrons. The van der Waals surface area contributed by atoms with Crippen LogP contribution in [-0.2, 0) is 23.8 Å². The Bertz CT molecular complexity index is 267. The fourth-order valence-electron chi connectivity index (χ4n) is 1.27. The van der Waals surface area contributed by atoms with Gasteiger partial charge in [-0.25, -0.2) is 0 Å². The van der Waals surface area contributed by atoms with E-state index in [1.54, 1.807) is 6.08 Å². The standard InChI is InChI=1S/C13H22O5/c1-4-17-13(18-5-2)10-9-11(14)7-6-8-12(15)16-3/h9-10,13H,4-8H2,1-3H3/b10-9+. The number of rotatable bonds is 10. The highest BCUT2D eigenvalue weighted by Gasteiger charge is 2.05. The van der Waals surface area contributed by atoms with Gasteiger partial charge in [0.15, 0.2) is 12.1 Å². The van der Waals surface area contributed by atoms with Crippen molar-refractivity contribution in [1.82, 2.24) is 0 Å². The van der Waals surface area contributed by atoms with Crippen molar-refractivity contribution in [3.05, 3.63) is 12.2 Å². The predicted octanol–water partition coefficient (Wildman–Crippen LogP) is 1.85. The fraction of sp³-hybridized carbons (Fsp3) is 0.692. The molecule has 0 heterocycles. The molecule has 0 aromatic carbocycles. The number of carbonyl (C=O) groups excluding carboxylic acids is 2. The van der Waals surface area contributed by atoms with Crippen molar-refractivity contribution < 1.29 is 23.8 Å². The maximum atomic E-state index is 11.5. The van der Waals surface area contributed by atoms with Crippen LogP contribution < -0.4 is 0 Å². The number of esters is 1. The molecule has 0 spiro atoms. The second-order valence-electron chi connectivity index (χ2n) is 3.53. The maximum absolute atomic E-state index is 11.5. The average molecular weight is 258 g/mol. The molecule has 0 saturated heterocycles.